The molecule has 0 amide bonds. The van der Waals surface area contributed by atoms with Crippen molar-refractivity contribution in [2.75, 3.05) is 13.2 Å². The largest absolute Gasteiger partial charge is 0.489 e. The Labute approximate surface area is 114 Å². The van der Waals surface area contributed by atoms with Gasteiger partial charge in [0.2, 0.25) is 10.0 Å². The molecule has 5 nitrogen and oxygen atoms in total. The number of hydrogen-bond acceptors (Lipinski definition) is 4. The Hall–Kier alpha value is -0.630. The summed E-state index contributed by atoms with van der Waals surface area (Å²) in [4.78, 5) is -0.0186. The van der Waals surface area contributed by atoms with Gasteiger partial charge in [0.05, 0.1) is 6.10 Å². The third-order valence-electron chi connectivity index (χ3n) is 2.66. The third-order valence-corrected chi connectivity index (χ3v) is 4.09. The highest BCUT2D eigenvalue weighted by Crippen LogP contribution is 2.27. The molecule has 1 aromatic rings. The van der Waals surface area contributed by atoms with Gasteiger partial charge in [0.15, 0.2) is 0 Å². The van der Waals surface area contributed by atoms with Crippen LogP contribution in [0.4, 0.5) is 0 Å². The van der Waals surface area contributed by atoms with Crippen molar-refractivity contribution in [3.63, 3.8) is 0 Å². The Morgan fingerprint density at radius 3 is 2.89 bits per heavy atom. The van der Waals surface area contributed by atoms with Gasteiger partial charge in [0.1, 0.15) is 17.3 Å². The average molecular weight is 336 g/mol. The smallest absolute Gasteiger partial charge is 0.241 e. The summed E-state index contributed by atoms with van der Waals surface area (Å²) in [5.74, 6) is 0.260. The van der Waals surface area contributed by atoms with Crippen LogP contribution in [0.3, 0.4) is 0 Å². The topological polar surface area (TPSA) is 78.6 Å². The summed E-state index contributed by atoms with van der Waals surface area (Å²) >= 11 is 3.21. The maximum Gasteiger partial charge on any atom is 0.241 e. The molecule has 0 spiro atoms. The summed E-state index contributed by atoms with van der Waals surface area (Å²) in [5.41, 5.74) is 0. The molecular formula is C11H14BrNO4S. The van der Waals surface area contributed by atoms with E-state index in [1.807, 2.05) is 0 Å². The Balaban J connectivity index is 2.16. The van der Waals surface area contributed by atoms with Crippen LogP contribution < -0.4 is 9.88 Å². The number of nitrogens with two attached hydrogens (primary N) is 1. The Kier molecular flexibility index (Phi) is 4.26. The first-order valence-electron chi connectivity index (χ1n) is 5.53. The van der Waals surface area contributed by atoms with Crippen LogP contribution in [0.5, 0.6) is 5.75 Å². The lowest BCUT2D eigenvalue weighted by Crippen LogP contribution is -2.19. The highest BCUT2D eigenvalue weighted by molar-refractivity contribution is 9.10. The zero-order valence-corrected chi connectivity index (χ0v) is 12.0. The fraction of sp³-hybridized carbons (Fsp3) is 0.455. The summed E-state index contributed by atoms with van der Waals surface area (Å²) in [6, 6.07) is 4.72. The summed E-state index contributed by atoms with van der Waals surface area (Å²) in [7, 11) is -3.80. The van der Waals surface area contributed by atoms with Gasteiger partial charge in [0, 0.05) is 11.1 Å². The van der Waals surface area contributed by atoms with E-state index < -0.39 is 10.0 Å². The van der Waals surface area contributed by atoms with Gasteiger partial charge < -0.3 is 9.47 Å². The van der Waals surface area contributed by atoms with E-state index >= 15 is 0 Å². The number of benzene rings is 1. The van der Waals surface area contributed by atoms with Gasteiger partial charge in [0.25, 0.3) is 0 Å². The lowest BCUT2D eigenvalue weighted by molar-refractivity contribution is 0.0669. The molecule has 0 radical (unpaired) electrons. The van der Waals surface area contributed by atoms with E-state index in [1.54, 1.807) is 12.1 Å². The Bertz CT molecular complexity index is 526. The van der Waals surface area contributed by atoms with Crippen LogP contribution >= 0.6 is 15.9 Å². The second-order valence-electron chi connectivity index (χ2n) is 4.08. The number of halogens is 1. The fourth-order valence-corrected chi connectivity index (χ4v) is 2.99. The van der Waals surface area contributed by atoms with E-state index in [-0.39, 0.29) is 16.7 Å². The van der Waals surface area contributed by atoms with Crippen LogP contribution in [0, 0.1) is 0 Å². The first-order valence-corrected chi connectivity index (χ1v) is 7.87. The van der Waals surface area contributed by atoms with E-state index in [9.17, 15) is 8.42 Å². The summed E-state index contributed by atoms with van der Waals surface area (Å²) < 4.78 is 34.4. The zero-order chi connectivity index (χ0) is 13.2. The van der Waals surface area contributed by atoms with E-state index in [0.29, 0.717) is 11.1 Å². The highest BCUT2D eigenvalue weighted by Gasteiger charge is 2.19. The molecule has 1 aliphatic rings. The fourth-order valence-electron chi connectivity index (χ4n) is 1.78. The summed E-state index contributed by atoms with van der Waals surface area (Å²) in [6.45, 7) is 1.07. The van der Waals surface area contributed by atoms with Crippen LogP contribution in [0.2, 0.25) is 0 Å². The van der Waals surface area contributed by atoms with E-state index in [4.69, 9.17) is 14.6 Å². The minimum Gasteiger partial charge on any atom is -0.489 e. The lowest BCUT2D eigenvalue weighted by Gasteiger charge is -2.14. The summed E-state index contributed by atoms with van der Waals surface area (Å²) in [5, 5.41) is 5.15. The van der Waals surface area contributed by atoms with Gasteiger partial charge in [-0.2, -0.15) is 0 Å². The van der Waals surface area contributed by atoms with Gasteiger partial charge in [-0.25, -0.2) is 13.6 Å². The minimum atomic E-state index is -3.80. The SMILES string of the molecule is NS(=O)(=O)c1cc(Br)ccc1OCC1CCCO1. The van der Waals surface area contributed by atoms with E-state index in [0.717, 1.165) is 19.4 Å². The van der Waals surface area contributed by atoms with E-state index in [2.05, 4.69) is 15.9 Å². The van der Waals surface area contributed by atoms with Gasteiger partial charge in [-0.15, -0.1) is 0 Å². The van der Waals surface area contributed by atoms with Crippen molar-refractivity contribution in [3.8, 4) is 5.75 Å². The molecule has 1 saturated heterocycles. The molecule has 18 heavy (non-hydrogen) atoms. The van der Waals surface area contributed by atoms with Crippen LogP contribution in [0.15, 0.2) is 27.6 Å². The molecule has 1 unspecified atom stereocenters. The molecule has 7 heteroatoms. The first kappa shape index (κ1) is 13.8. The Morgan fingerprint density at radius 2 is 2.28 bits per heavy atom. The molecule has 1 atom stereocenters. The van der Waals surface area contributed by atoms with Crippen molar-refractivity contribution in [2.45, 2.75) is 23.8 Å². The molecule has 1 aromatic carbocycles. The second kappa shape index (κ2) is 5.56. The molecule has 0 aliphatic carbocycles. The molecule has 0 bridgehead atoms. The second-order valence-corrected chi connectivity index (χ2v) is 6.53. The average Bonchev–Trinajstić information content (AvgIpc) is 2.79. The van der Waals surface area contributed by atoms with Crippen molar-refractivity contribution in [2.24, 2.45) is 5.14 Å². The minimum absolute atomic E-state index is 0.0186. The number of hydrogen-bond donors (Lipinski definition) is 1. The molecular weight excluding hydrogens is 322 g/mol. The highest BCUT2D eigenvalue weighted by atomic mass is 79.9. The van der Waals surface area contributed by atoms with Gasteiger partial charge >= 0.3 is 0 Å². The lowest BCUT2D eigenvalue weighted by atomic mass is 10.2. The molecule has 1 fully saturated rings. The monoisotopic (exact) mass is 335 g/mol. The summed E-state index contributed by atoms with van der Waals surface area (Å²) in [6.07, 6.45) is 1.97. The quantitative estimate of drug-likeness (QED) is 0.907. The number of sulfonamides is 1. The number of primary sulfonamides is 1. The van der Waals surface area contributed by atoms with Crippen molar-refractivity contribution in [1.82, 2.24) is 0 Å². The first-order chi connectivity index (χ1) is 8.47. The molecule has 0 saturated carbocycles. The zero-order valence-electron chi connectivity index (χ0n) is 9.63. The van der Waals surface area contributed by atoms with Crippen LogP contribution in [0.25, 0.3) is 0 Å². The molecule has 2 rings (SSSR count). The number of rotatable bonds is 4. The normalized spacial score (nSPS) is 20.0. The van der Waals surface area contributed by atoms with Gasteiger partial charge in [-0.1, -0.05) is 15.9 Å². The van der Waals surface area contributed by atoms with Crippen LogP contribution in [0.1, 0.15) is 12.8 Å². The van der Waals surface area contributed by atoms with Crippen molar-refractivity contribution < 1.29 is 17.9 Å². The predicted molar refractivity (Wildman–Crippen MR) is 70.0 cm³/mol. The number of ether oxygens (including phenoxy) is 2. The van der Waals surface area contributed by atoms with Crippen molar-refractivity contribution in [1.29, 1.82) is 0 Å². The molecule has 1 aliphatic heterocycles. The standard InChI is InChI=1S/C11H14BrNO4S/c12-8-3-4-10(11(6-8)18(13,14)15)17-7-9-2-1-5-16-9/h3-4,6,9H,1-2,5,7H2,(H2,13,14,15). The maximum absolute atomic E-state index is 11.4. The van der Waals surface area contributed by atoms with Crippen molar-refractivity contribution in [3.05, 3.63) is 22.7 Å². The van der Waals surface area contributed by atoms with Gasteiger partial charge in [-0.05, 0) is 31.0 Å². The Morgan fingerprint density at radius 1 is 1.50 bits per heavy atom. The maximum atomic E-state index is 11.4. The molecule has 2 N–H and O–H groups in total. The van der Waals surface area contributed by atoms with Gasteiger partial charge in [-0.3, -0.25) is 0 Å². The van der Waals surface area contributed by atoms with Crippen molar-refractivity contribution >= 4 is 26.0 Å². The van der Waals surface area contributed by atoms with Crippen LogP contribution in [-0.2, 0) is 14.8 Å². The third kappa shape index (κ3) is 3.44. The molecule has 0 aromatic heterocycles. The van der Waals surface area contributed by atoms with Crippen LogP contribution in [-0.4, -0.2) is 27.7 Å². The predicted octanol–water partition coefficient (Wildman–Crippen LogP) is 1.65. The van der Waals surface area contributed by atoms with E-state index in [1.165, 1.54) is 6.07 Å². The molecule has 1 heterocycles. The molecule has 100 valence electrons.